The minimum Gasteiger partial charge on any atom is -0.493 e. The zero-order valence-electron chi connectivity index (χ0n) is 13.1. The molecule has 0 aliphatic rings. The van der Waals surface area contributed by atoms with Crippen LogP contribution in [-0.2, 0) is 16.6 Å². The average Bonchev–Trinajstić information content (AvgIpc) is 2.40. The summed E-state index contributed by atoms with van der Waals surface area (Å²) in [5.74, 6) is 1.41. The lowest BCUT2D eigenvalue weighted by molar-refractivity contribution is 0.271. The zero-order chi connectivity index (χ0) is 15.7. The van der Waals surface area contributed by atoms with Crippen molar-refractivity contribution in [2.75, 3.05) is 26.0 Å². The van der Waals surface area contributed by atoms with Gasteiger partial charge in [0.1, 0.15) is 5.75 Å². The van der Waals surface area contributed by atoms with Crippen LogP contribution in [0.15, 0.2) is 24.3 Å². The van der Waals surface area contributed by atoms with Crippen LogP contribution in [0.4, 0.5) is 0 Å². The molecule has 0 unspecified atom stereocenters. The van der Waals surface area contributed by atoms with Gasteiger partial charge in [-0.1, -0.05) is 26.0 Å². The Morgan fingerprint density at radius 2 is 1.81 bits per heavy atom. The molecule has 1 aromatic rings. The highest BCUT2D eigenvalue weighted by molar-refractivity contribution is 7.88. The smallest absolute Gasteiger partial charge is 0.208 e. The van der Waals surface area contributed by atoms with E-state index in [1.165, 1.54) is 11.8 Å². The molecule has 2 N–H and O–H groups in total. The Morgan fingerprint density at radius 1 is 1.14 bits per heavy atom. The third-order valence-corrected chi connectivity index (χ3v) is 3.46. The van der Waals surface area contributed by atoms with Crippen molar-refractivity contribution in [3.05, 3.63) is 29.8 Å². The Labute approximate surface area is 128 Å². The highest BCUT2D eigenvalue weighted by atomic mass is 32.2. The Kier molecular flexibility index (Phi) is 7.71. The van der Waals surface area contributed by atoms with Crippen molar-refractivity contribution in [1.29, 1.82) is 0 Å². The number of rotatable bonds is 10. The largest absolute Gasteiger partial charge is 0.493 e. The van der Waals surface area contributed by atoms with Crippen molar-refractivity contribution in [1.82, 2.24) is 10.0 Å². The van der Waals surface area contributed by atoms with E-state index >= 15 is 0 Å². The summed E-state index contributed by atoms with van der Waals surface area (Å²) in [5, 5.41) is 3.28. The molecule has 0 aromatic heterocycles. The maximum absolute atomic E-state index is 10.9. The van der Waals surface area contributed by atoms with Crippen molar-refractivity contribution in [3.63, 3.8) is 0 Å². The molecular formula is C15H26N2O3S. The summed E-state index contributed by atoms with van der Waals surface area (Å²) in [7, 11) is -3.07. The molecule has 1 rings (SSSR count). The monoisotopic (exact) mass is 314 g/mol. The minimum absolute atomic E-state index is 0.466. The number of ether oxygens (including phenoxy) is 1. The van der Waals surface area contributed by atoms with Crippen LogP contribution < -0.4 is 14.8 Å². The normalized spacial score (nSPS) is 11.8. The number of nitrogens with one attached hydrogen (secondary N) is 2. The van der Waals surface area contributed by atoms with E-state index in [1.807, 2.05) is 24.3 Å². The van der Waals surface area contributed by atoms with Crippen LogP contribution >= 0.6 is 0 Å². The van der Waals surface area contributed by atoms with Crippen LogP contribution in [0.3, 0.4) is 0 Å². The summed E-state index contributed by atoms with van der Waals surface area (Å²) in [6.07, 6.45) is 1.94. The van der Waals surface area contributed by atoms with E-state index in [1.54, 1.807) is 0 Å². The first-order chi connectivity index (χ1) is 9.87. The van der Waals surface area contributed by atoms with Crippen molar-refractivity contribution in [2.45, 2.75) is 26.8 Å². The maximum Gasteiger partial charge on any atom is 0.208 e. The second-order valence-corrected chi connectivity index (χ2v) is 7.38. The van der Waals surface area contributed by atoms with Gasteiger partial charge in [0, 0.05) is 13.1 Å². The molecule has 0 bridgehead atoms. The van der Waals surface area contributed by atoms with Crippen LogP contribution in [0.1, 0.15) is 25.8 Å². The van der Waals surface area contributed by atoms with Gasteiger partial charge < -0.3 is 10.1 Å². The first-order valence-electron chi connectivity index (χ1n) is 7.24. The van der Waals surface area contributed by atoms with E-state index in [0.717, 1.165) is 31.9 Å². The molecule has 0 atom stereocenters. The lowest BCUT2D eigenvalue weighted by Crippen LogP contribution is -2.26. The zero-order valence-corrected chi connectivity index (χ0v) is 13.9. The van der Waals surface area contributed by atoms with Crippen LogP contribution in [0.2, 0.25) is 0 Å². The molecule has 120 valence electrons. The summed E-state index contributed by atoms with van der Waals surface area (Å²) in [6, 6.07) is 8.03. The Bertz CT molecular complexity index is 498. The fourth-order valence-corrected chi connectivity index (χ4v) is 2.19. The lowest BCUT2D eigenvalue weighted by atomic mass is 10.2. The van der Waals surface area contributed by atoms with E-state index in [4.69, 9.17) is 4.74 Å². The second kappa shape index (κ2) is 9.02. The molecule has 6 heteroatoms. The van der Waals surface area contributed by atoms with E-state index in [9.17, 15) is 8.42 Å². The fourth-order valence-electron chi connectivity index (χ4n) is 1.67. The van der Waals surface area contributed by atoms with Crippen molar-refractivity contribution in [3.8, 4) is 5.75 Å². The molecule has 0 saturated heterocycles. The molecule has 0 heterocycles. The average molecular weight is 314 g/mol. The van der Waals surface area contributed by atoms with Gasteiger partial charge in [0.05, 0.1) is 12.9 Å². The predicted octanol–water partition coefficient (Wildman–Crippen LogP) is 1.75. The quantitative estimate of drug-likeness (QED) is 0.646. The molecule has 0 aliphatic heterocycles. The molecule has 5 nitrogen and oxygen atoms in total. The van der Waals surface area contributed by atoms with Gasteiger partial charge in [-0.3, -0.25) is 0 Å². The third-order valence-electron chi connectivity index (χ3n) is 2.73. The van der Waals surface area contributed by atoms with Crippen LogP contribution in [-0.4, -0.2) is 34.4 Å². The number of hydrogen-bond acceptors (Lipinski definition) is 4. The van der Waals surface area contributed by atoms with Crippen molar-refractivity contribution < 1.29 is 13.2 Å². The summed E-state index contributed by atoms with van der Waals surface area (Å²) < 4.78 is 29.8. The number of hydrogen-bond donors (Lipinski definition) is 2. The van der Waals surface area contributed by atoms with E-state index in [-0.39, 0.29) is 0 Å². The molecule has 0 saturated carbocycles. The topological polar surface area (TPSA) is 67.4 Å². The van der Waals surface area contributed by atoms with E-state index in [2.05, 4.69) is 23.9 Å². The SMILES string of the molecule is CC(C)COc1ccc(CNCCCNS(C)(=O)=O)cc1. The summed E-state index contributed by atoms with van der Waals surface area (Å²) in [6.45, 7) is 6.98. The van der Waals surface area contributed by atoms with Crippen molar-refractivity contribution in [2.24, 2.45) is 5.92 Å². The van der Waals surface area contributed by atoms with Gasteiger partial charge in [-0.25, -0.2) is 13.1 Å². The van der Waals surface area contributed by atoms with Gasteiger partial charge in [0.2, 0.25) is 10.0 Å². The summed E-state index contributed by atoms with van der Waals surface area (Å²) >= 11 is 0. The highest BCUT2D eigenvalue weighted by Gasteiger charge is 2.00. The van der Waals surface area contributed by atoms with Gasteiger partial charge >= 0.3 is 0 Å². The van der Waals surface area contributed by atoms with E-state index in [0.29, 0.717) is 12.5 Å². The second-order valence-electron chi connectivity index (χ2n) is 5.55. The maximum atomic E-state index is 10.9. The summed E-state index contributed by atoms with van der Waals surface area (Å²) in [5.41, 5.74) is 1.18. The number of benzene rings is 1. The third kappa shape index (κ3) is 9.44. The van der Waals surface area contributed by atoms with Gasteiger partial charge in [0.25, 0.3) is 0 Å². The Balaban J connectivity index is 2.18. The molecule has 1 aromatic carbocycles. The van der Waals surface area contributed by atoms with Gasteiger partial charge in [-0.15, -0.1) is 0 Å². The van der Waals surface area contributed by atoms with E-state index < -0.39 is 10.0 Å². The molecule has 0 amide bonds. The van der Waals surface area contributed by atoms with Crippen LogP contribution in [0.25, 0.3) is 0 Å². The lowest BCUT2D eigenvalue weighted by Gasteiger charge is -2.09. The Morgan fingerprint density at radius 3 is 2.38 bits per heavy atom. The van der Waals surface area contributed by atoms with Crippen LogP contribution in [0, 0.1) is 5.92 Å². The predicted molar refractivity (Wildman–Crippen MR) is 85.9 cm³/mol. The molecule has 21 heavy (non-hydrogen) atoms. The molecule has 0 fully saturated rings. The molecule has 0 aliphatic carbocycles. The van der Waals surface area contributed by atoms with Gasteiger partial charge in [0.15, 0.2) is 0 Å². The molecular weight excluding hydrogens is 288 g/mol. The molecule has 0 spiro atoms. The Hall–Kier alpha value is -1.11. The first-order valence-corrected chi connectivity index (χ1v) is 9.13. The van der Waals surface area contributed by atoms with Crippen LogP contribution in [0.5, 0.6) is 5.75 Å². The van der Waals surface area contributed by atoms with Crippen molar-refractivity contribution >= 4 is 10.0 Å². The fraction of sp³-hybridized carbons (Fsp3) is 0.600. The molecule has 0 radical (unpaired) electrons. The summed E-state index contributed by atoms with van der Waals surface area (Å²) in [4.78, 5) is 0. The highest BCUT2D eigenvalue weighted by Crippen LogP contribution is 2.13. The first kappa shape index (κ1) is 17.9. The number of sulfonamides is 1. The standard InChI is InChI=1S/C15H26N2O3S/c1-13(2)12-20-15-7-5-14(6-8-15)11-16-9-4-10-17-21(3,18)19/h5-8,13,16-17H,4,9-12H2,1-3H3. The van der Waals surface area contributed by atoms with Gasteiger partial charge in [-0.2, -0.15) is 0 Å². The van der Waals surface area contributed by atoms with Gasteiger partial charge in [-0.05, 0) is 36.6 Å². The minimum atomic E-state index is -3.07.